The van der Waals surface area contributed by atoms with Crippen molar-refractivity contribution in [2.45, 2.75) is 25.3 Å². The number of hydrogen-bond donors (Lipinski definition) is 1. The SMILES string of the molecule is CN(CC(=O)N1CCOCC1)C(=O)C1CCCCN1. The first-order chi connectivity index (χ1) is 9.18. The summed E-state index contributed by atoms with van der Waals surface area (Å²) in [6.07, 6.45) is 3.07. The van der Waals surface area contributed by atoms with Crippen LogP contribution in [0.5, 0.6) is 0 Å². The third-order valence-corrected chi connectivity index (χ3v) is 3.72. The predicted molar refractivity (Wildman–Crippen MR) is 70.7 cm³/mol. The van der Waals surface area contributed by atoms with Crippen molar-refractivity contribution in [2.75, 3.05) is 46.4 Å². The third-order valence-electron chi connectivity index (χ3n) is 3.72. The van der Waals surface area contributed by atoms with Crippen molar-refractivity contribution in [2.24, 2.45) is 0 Å². The molecule has 6 nitrogen and oxygen atoms in total. The van der Waals surface area contributed by atoms with Crippen LogP contribution in [0.2, 0.25) is 0 Å². The summed E-state index contributed by atoms with van der Waals surface area (Å²) in [5.41, 5.74) is 0. The summed E-state index contributed by atoms with van der Waals surface area (Å²) >= 11 is 0. The van der Waals surface area contributed by atoms with Crippen LogP contribution in [-0.2, 0) is 14.3 Å². The first-order valence-electron chi connectivity index (χ1n) is 7.02. The number of carbonyl (C=O) groups excluding carboxylic acids is 2. The number of amides is 2. The van der Waals surface area contributed by atoms with Gasteiger partial charge in [0.25, 0.3) is 0 Å². The summed E-state index contributed by atoms with van der Waals surface area (Å²) in [4.78, 5) is 27.5. The number of carbonyl (C=O) groups is 2. The van der Waals surface area contributed by atoms with E-state index >= 15 is 0 Å². The molecule has 0 aliphatic carbocycles. The minimum atomic E-state index is -0.115. The molecule has 2 aliphatic rings. The molecule has 0 radical (unpaired) electrons. The highest BCUT2D eigenvalue weighted by Gasteiger charge is 2.26. The summed E-state index contributed by atoms with van der Waals surface area (Å²) in [6, 6.07) is -0.115. The monoisotopic (exact) mass is 269 g/mol. The number of likely N-dealkylation sites (N-methyl/N-ethyl adjacent to an activating group) is 1. The van der Waals surface area contributed by atoms with Crippen molar-refractivity contribution in [1.82, 2.24) is 15.1 Å². The van der Waals surface area contributed by atoms with Crippen LogP contribution in [-0.4, -0.2) is 74.1 Å². The number of hydrogen-bond acceptors (Lipinski definition) is 4. The van der Waals surface area contributed by atoms with Gasteiger partial charge in [-0.3, -0.25) is 9.59 Å². The zero-order valence-corrected chi connectivity index (χ0v) is 11.6. The molecule has 1 N–H and O–H groups in total. The van der Waals surface area contributed by atoms with E-state index in [1.807, 2.05) is 0 Å². The lowest BCUT2D eigenvalue weighted by Gasteiger charge is -2.31. The third kappa shape index (κ3) is 3.91. The Morgan fingerprint density at radius 3 is 2.68 bits per heavy atom. The van der Waals surface area contributed by atoms with Gasteiger partial charge >= 0.3 is 0 Å². The van der Waals surface area contributed by atoms with E-state index < -0.39 is 0 Å². The van der Waals surface area contributed by atoms with Crippen LogP contribution < -0.4 is 5.32 Å². The second-order valence-corrected chi connectivity index (χ2v) is 5.19. The summed E-state index contributed by atoms with van der Waals surface area (Å²) in [5, 5.41) is 3.22. The van der Waals surface area contributed by atoms with Crippen molar-refractivity contribution in [1.29, 1.82) is 0 Å². The maximum Gasteiger partial charge on any atom is 0.242 e. The van der Waals surface area contributed by atoms with Gasteiger partial charge in [0.05, 0.1) is 25.8 Å². The van der Waals surface area contributed by atoms with Gasteiger partial charge < -0.3 is 19.9 Å². The maximum absolute atomic E-state index is 12.2. The van der Waals surface area contributed by atoms with Crippen molar-refractivity contribution in [3.63, 3.8) is 0 Å². The van der Waals surface area contributed by atoms with E-state index in [-0.39, 0.29) is 24.4 Å². The Labute approximate surface area is 114 Å². The molecule has 108 valence electrons. The van der Waals surface area contributed by atoms with Crippen LogP contribution in [0.25, 0.3) is 0 Å². The van der Waals surface area contributed by atoms with E-state index in [1.165, 1.54) is 0 Å². The molecule has 2 saturated heterocycles. The number of rotatable bonds is 3. The standard InChI is InChI=1S/C13H23N3O3/c1-15(13(18)11-4-2-3-5-14-11)10-12(17)16-6-8-19-9-7-16/h11,14H,2-10H2,1H3. The van der Waals surface area contributed by atoms with Gasteiger partial charge in [0.1, 0.15) is 0 Å². The molecule has 19 heavy (non-hydrogen) atoms. The molecule has 0 aromatic heterocycles. The van der Waals surface area contributed by atoms with Gasteiger partial charge in [-0.15, -0.1) is 0 Å². The number of piperidine rings is 1. The molecule has 0 aromatic carbocycles. The largest absolute Gasteiger partial charge is 0.378 e. The quantitative estimate of drug-likeness (QED) is 0.746. The number of nitrogens with one attached hydrogen (secondary N) is 1. The van der Waals surface area contributed by atoms with Crippen molar-refractivity contribution >= 4 is 11.8 Å². The topological polar surface area (TPSA) is 61.9 Å². The van der Waals surface area contributed by atoms with Crippen LogP contribution in [0.3, 0.4) is 0 Å². The normalized spacial score (nSPS) is 24.1. The Morgan fingerprint density at radius 2 is 2.05 bits per heavy atom. The molecule has 0 saturated carbocycles. The molecule has 0 aromatic rings. The molecule has 2 fully saturated rings. The first-order valence-corrected chi connectivity index (χ1v) is 7.02. The number of nitrogens with zero attached hydrogens (tertiary/aromatic N) is 2. The average Bonchev–Trinajstić information content (AvgIpc) is 2.48. The molecule has 1 unspecified atom stereocenters. The molecular formula is C13H23N3O3. The van der Waals surface area contributed by atoms with Crippen molar-refractivity contribution < 1.29 is 14.3 Å². The Bertz CT molecular complexity index is 323. The van der Waals surface area contributed by atoms with E-state index in [1.54, 1.807) is 16.8 Å². The lowest BCUT2D eigenvalue weighted by molar-refractivity contribution is -0.143. The highest BCUT2D eigenvalue weighted by Crippen LogP contribution is 2.09. The Morgan fingerprint density at radius 1 is 1.32 bits per heavy atom. The van der Waals surface area contributed by atoms with Gasteiger partial charge in [-0.25, -0.2) is 0 Å². The first kappa shape index (κ1) is 14.3. The summed E-state index contributed by atoms with van der Waals surface area (Å²) in [5.74, 6) is 0.0382. The second-order valence-electron chi connectivity index (χ2n) is 5.19. The van der Waals surface area contributed by atoms with E-state index in [0.717, 1.165) is 25.8 Å². The van der Waals surface area contributed by atoms with E-state index in [0.29, 0.717) is 26.3 Å². The van der Waals surface area contributed by atoms with Crippen LogP contribution in [0.15, 0.2) is 0 Å². The molecule has 2 heterocycles. The van der Waals surface area contributed by atoms with Crippen molar-refractivity contribution in [3.8, 4) is 0 Å². The summed E-state index contributed by atoms with van der Waals surface area (Å²) in [7, 11) is 1.71. The van der Waals surface area contributed by atoms with E-state index in [9.17, 15) is 9.59 Å². The molecule has 0 spiro atoms. The minimum absolute atomic E-state index is 0.00922. The van der Waals surface area contributed by atoms with Gasteiger partial charge in [-0.2, -0.15) is 0 Å². The fourth-order valence-corrected chi connectivity index (χ4v) is 2.52. The lowest BCUT2D eigenvalue weighted by atomic mass is 10.0. The zero-order chi connectivity index (χ0) is 13.7. The fourth-order valence-electron chi connectivity index (χ4n) is 2.52. The van der Waals surface area contributed by atoms with Crippen LogP contribution >= 0.6 is 0 Å². The van der Waals surface area contributed by atoms with Crippen LogP contribution in [0.4, 0.5) is 0 Å². The van der Waals surface area contributed by atoms with E-state index in [4.69, 9.17) is 4.74 Å². The minimum Gasteiger partial charge on any atom is -0.378 e. The molecule has 6 heteroatoms. The van der Waals surface area contributed by atoms with E-state index in [2.05, 4.69) is 5.32 Å². The maximum atomic E-state index is 12.2. The van der Waals surface area contributed by atoms with Gasteiger partial charge in [0.15, 0.2) is 0 Å². The molecular weight excluding hydrogens is 246 g/mol. The molecule has 2 aliphatic heterocycles. The van der Waals surface area contributed by atoms with Gasteiger partial charge in [-0.05, 0) is 19.4 Å². The fraction of sp³-hybridized carbons (Fsp3) is 0.846. The lowest BCUT2D eigenvalue weighted by Crippen LogP contribution is -2.51. The van der Waals surface area contributed by atoms with Crippen LogP contribution in [0, 0.1) is 0 Å². The van der Waals surface area contributed by atoms with Crippen molar-refractivity contribution in [3.05, 3.63) is 0 Å². The van der Waals surface area contributed by atoms with Gasteiger partial charge in [0.2, 0.25) is 11.8 Å². The predicted octanol–water partition coefficient (Wildman–Crippen LogP) is -0.554. The van der Waals surface area contributed by atoms with Gasteiger partial charge in [-0.1, -0.05) is 6.42 Å². The Balaban J connectivity index is 1.80. The average molecular weight is 269 g/mol. The summed E-state index contributed by atoms with van der Waals surface area (Å²) < 4.78 is 5.21. The molecule has 1 atom stereocenters. The molecule has 0 bridgehead atoms. The highest BCUT2D eigenvalue weighted by atomic mass is 16.5. The number of morpholine rings is 1. The smallest absolute Gasteiger partial charge is 0.242 e. The highest BCUT2D eigenvalue weighted by molar-refractivity contribution is 5.87. The zero-order valence-electron chi connectivity index (χ0n) is 11.6. The Kier molecular flexibility index (Phi) is 5.15. The summed E-state index contributed by atoms with van der Waals surface area (Å²) in [6.45, 7) is 3.49. The number of ether oxygens (including phenoxy) is 1. The second kappa shape index (κ2) is 6.86. The Hall–Kier alpha value is -1.14. The van der Waals surface area contributed by atoms with Gasteiger partial charge in [0, 0.05) is 20.1 Å². The molecule has 2 rings (SSSR count). The van der Waals surface area contributed by atoms with Crippen LogP contribution in [0.1, 0.15) is 19.3 Å². The molecule has 2 amide bonds.